The largest absolute Gasteiger partial charge is 0.380 e. The van der Waals surface area contributed by atoms with E-state index < -0.39 is 0 Å². The van der Waals surface area contributed by atoms with Crippen molar-refractivity contribution in [2.24, 2.45) is 0 Å². The monoisotopic (exact) mass is 316 g/mol. The van der Waals surface area contributed by atoms with E-state index in [1.165, 1.54) is 24.0 Å². The second-order valence-electron chi connectivity index (χ2n) is 5.16. The Morgan fingerprint density at radius 2 is 2.11 bits per heavy atom. The summed E-state index contributed by atoms with van der Waals surface area (Å²) >= 11 is 3.43. The SMILES string of the molecule is Cc1cc(NCc2ccccc2C2CC2)cnc1Br. The summed E-state index contributed by atoms with van der Waals surface area (Å²) in [5.74, 6) is 0.794. The van der Waals surface area contributed by atoms with Crippen LogP contribution < -0.4 is 5.32 Å². The van der Waals surface area contributed by atoms with Crippen molar-refractivity contribution in [1.29, 1.82) is 0 Å². The molecule has 1 fully saturated rings. The molecule has 0 amide bonds. The van der Waals surface area contributed by atoms with Crippen LogP contribution >= 0.6 is 15.9 Å². The highest BCUT2D eigenvalue weighted by molar-refractivity contribution is 9.10. The molecule has 0 bridgehead atoms. The van der Waals surface area contributed by atoms with Crippen LogP contribution in [0.5, 0.6) is 0 Å². The average molecular weight is 317 g/mol. The van der Waals surface area contributed by atoms with E-state index >= 15 is 0 Å². The van der Waals surface area contributed by atoms with Crippen molar-refractivity contribution in [1.82, 2.24) is 4.98 Å². The van der Waals surface area contributed by atoms with Gasteiger partial charge in [0.25, 0.3) is 0 Å². The summed E-state index contributed by atoms with van der Waals surface area (Å²) < 4.78 is 0.913. The summed E-state index contributed by atoms with van der Waals surface area (Å²) in [6.45, 7) is 2.93. The maximum absolute atomic E-state index is 4.31. The van der Waals surface area contributed by atoms with Crippen LogP contribution in [0, 0.1) is 6.92 Å². The zero-order valence-electron chi connectivity index (χ0n) is 11.0. The fraction of sp³-hybridized carbons (Fsp3) is 0.312. The Kier molecular flexibility index (Phi) is 3.56. The van der Waals surface area contributed by atoms with Crippen molar-refractivity contribution in [2.45, 2.75) is 32.2 Å². The van der Waals surface area contributed by atoms with Crippen molar-refractivity contribution in [3.63, 3.8) is 0 Å². The minimum Gasteiger partial charge on any atom is -0.380 e. The molecule has 1 heterocycles. The van der Waals surface area contributed by atoms with Gasteiger partial charge in [-0.05, 0) is 64.4 Å². The van der Waals surface area contributed by atoms with Crippen molar-refractivity contribution in [3.8, 4) is 0 Å². The van der Waals surface area contributed by atoms with Gasteiger partial charge in [0.2, 0.25) is 0 Å². The number of aromatic nitrogens is 1. The van der Waals surface area contributed by atoms with Gasteiger partial charge in [-0.3, -0.25) is 0 Å². The Morgan fingerprint density at radius 1 is 1.32 bits per heavy atom. The van der Waals surface area contributed by atoms with Gasteiger partial charge in [0.05, 0.1) is 11.9 Å². The van der Waals surface area contributed by atoms with Crippen LogP contribution in [-0.2, 0) is 6.54 Å². The standard InChI is InChI=1S/C16H17BrN2/c1-11-8-14(10-19-16(11)17)18-9-13-4-2-3-5-15(13)12-6-7-12/h2-5,8,10,12,18H,6-7,9H2,1H3. The molecule has 0 atom stereocenters. The lowest BCUT2D eigenvalue weighted by Crippen LogP contribution is -2.03. The second kappa shape index (κ2) is 5.33. The quantitative estimate of drug-likeness (QED) is 0.831. The zero-order valence-corrected chi connectivity index (χ0v) is 12.6. The van der Waals surface area contributed by atoms with E-state index in [1.54, 1.807) is 0 Å². The molecule has 1 aliphatic rings. The molecule has 3 heteroatoms. The fourth-order valence-electron chi connectivity index (χ4n) is 2.34. The van der Waals surface area contributed by atoms with Crippen molar-refractivity contribution in [2.75, 3.05) is 5.32 Å². The summed E-state index contributed by atoms with van der Waals surface area (Å²) in [5, 5.41) is 3.47. The van der Waals surface area contributed by atoms with E-state index in [0.717, 1.165) is 28.3 Å². The van der Waals surface area contributed by atoms with Crippen LogP contribution in [0.25, 0.3) is 0 Å². The molecule has 1 aliphatic carbocycles. The summed E-state index contributed by atoms with van der Waals surface area (Å²) in [4.78, 5) is 4.31. The van der Waals surface area contributed by atoms with Gasteiger partial charge in [0.1, 0.15) is 4.60 Å². The molecule has 1 saturated carbocycles. The highest BCUT2D eigenvalue weighted by atomic mass is 79.9. The van der Waals surface area contributed by atoms with Gasteiger partial charge in [-0.1, -0.05) is 24.3 Å². The lowest BCUT2D eigenvalue weighted by molar-refractivity contribution is 1.03. The Balaban J connectivity index is 1.73. The second-order valence-corrected chi connectivity index (χ2v) is 5.91. The Hall–Kier alpha value is -1.35. The number of rotatable bonds is 4. The zero-order chi connectivity index (χ0) is 13.2. The van der Waals surface area contributed by atoms with E-state index in [1.807, 2.05) is 6.20 Å². The highest BCUT2D eigenvalue weighted by Gasteiger charge is 2.25. The number of benzene rings is 1. The van der Waals surface area contributed by atoms with Gasteiger partial charge < -0.3 is 5.32 Å². The van der Waals surface area contributed by atoms with Gasteiger partial charge in [-0.25, -0.2) is 4.98 Å². The van der Waals surface area contributed by atoms with Crippen LogP contribution in [0.15, 0.2) is 41.1 Å². The molecule has 1 N–H and O–H groups in total. The van der Waals surface area contributed by atoms with E-state index in [2.05, 4.69) is 63.5 Å². The normalized spacial score (nSPS) is 14.4. The first kappa shape index (κ1) is 12.7. The fourth-order valence-corrected chi connectivity index (χ4v) is 2.56. The Morgan fingerprint density at radius 3 is 2.84 bits per heavy atom. The van der Waals surface area contributed by atoms with Crippen LogP contribution in [0.4, 0.5) is 5.69 Å². The third-order valence-corrected chi connectivity index (χ3v) is 4.40. The molecule has 1 aromatic carbocycles. The first-order valence-corrected chi connectivity index (χ1v) is 7.47. The Bertz CT molecular complexity index is 591. The molecule has 0 aliphatic heterocycles. The summed E-state index contributed by atoms with van der Waals surface area (Å²) in [6.07, 6.45) is 4.56. The van der Waals surface area contributed by atoms with Gasteiger partial charge in [-0.15, -0.1) is 0 Å². The number of anilines is 1. The Labute approximate surface area is 122 Å². The van der Waals surface area contributed by atoms with Crippen LogP contribution in [0.1, 0.15) is 35.4 Å². The predicted octanol–water partition coefficient (Wildman–Crippen LogP) is 4.64. The van der Waals surface area contributed by atoms with Crippen LogP contribution in [-0.4, -0.2) is 4.98 Å². The molecular weight excluding hydrogens is 300 g/mol. The minimum absolute atomic E-state index is 0.794. The molecule has 0 saturated heterocycles. The van der Waals surface area contributed by atoms with Crippen LogP contribution in [0.3, 0.4) is 0 Å². The maximum Gasteiger partial charge on any atom is 0.109 e. The number of nitrogens with zero attached hydrogens (tertiary/aromatic N) is 1. The number of hydrogen-bond acceptors (Lipinski definition) is 2. The van der Waals surface area contributed by atoms with Crippen LogP contribution in [0.2, 0.25) is 0 Å². The van der Waals surface area contributed by atoms with Crippen molar-refractivity contribution in [3.05, 3.63) is 57.8 Å². The first-order chi connectivity index (χ1) is 9.24. The van der Waals surface area contributed by atoms with Gasteiger partial charge in [0, 0.05) is 6.54 Å². The predicted molar refractivity (Wildman–Crippen MR) is 82.4 cm³/mol. The van der Waals surface area contributed by atoms with E-state index in [0.29, 0.717) is 0 Å². The van der Waals surface area contributed by atoms with Gasteiger partial charge in [-0.2, -0.15) is 0 Å². The number of hydrogen-bond donors (Lipinski definition) is 1. The molecule has 0 spiro atoms. The van der Waals surface area contributed by atoms with E-state index in [-0.39, 0.29) is 0 Å². The lowest BCUT2D eigenvalue weighted by atomic mass is 10.0. The molecule has 98 valence electrons. The molecule has 2 nitrogen and oxygen atoms in total. The van der Waals surface area contributed by atoms with E-state index in [4.69, 9.17) is 0 Å². The molecule has 0 unspecified atom stereocenters. The number of pyridine rings is 1. The maximum atomic E-state index is 4.31. The summed E-state index contributed by atoms with van der Waals surface area (Å²) in [7, 11) is 0. The smallest absolute Gasteiger partial charge is 0.109 e. The van der Waals surface area contributed by atoms with Crippen molar-refractivity contribution >= 4 is 21.6 Å². The third-order valence-electron chi connectivity index (χ3n) is 3.57. The molecule has 19 heavy (non-hydrogen) atoms. The van der Waals surface area contributed by atoms with Crippen molar-refractivity contribution < 1.29 is 0 Å². The highest BCUT2D eigenvalue weighted by Crippen LogP contribution is 2.41. The van der Waals surface area contributed by atoms with Gasteiger partial charge in [0.15, 0.2) is 0 Å². The summed E-state index contributed by atoms with van der Waals surface area (Å²) in [5.41, 5.74) is 5.15. The number of halogens is 1. The third kappa shape index (κ3) is 2.98. The topological polar surface area (TPSA) is 24.9 Å². The van der Waals surface area contributed by atoms with E-state index in [9.17, 15) is 0 Å². The molecular formula is C16H17BrN2. The molecule has 3 rings (SSSR count). The van der Waals surface area contributed by atoms with Gasteiger partial charge >= 0.3 is 0 Å². The molecule has 1 aromatic heterocycles. The molecule has 2 aromatic rings. The first-order valence-electron chi connectivity index (χ1n) is 6.68. The summed E-state index contributed by atoms with van der Waals surface area (Å²) in [6, 6.07) is 10.9. The number of aryl methyl sites for hydroxylation is 1. The minimum atomic E-state index is 0.794. The number of nitrogens with one attached hydrogen (secondary N) is 1. The lowest BCUT2D eigenvalue weighted by Gasteiger charge is -2.11. The molecule has 0 radical (unpaired) electrons. The average Bonchev–Trinajstić information content (AvgIpc) is 3.25.